The Morgan fingerprint density at radius 2 is 1.90 bits per heavy atom. The van der Waals surface area contributed by atoms with Gasteiger partial charge in [-0.3, -0.25) is 0 Å². The molecule has 1 aliphatic heterocycles. The summed E-state index contributed by atoms with van der Waals surface area (Å²) in [6.07, 6.45) is 7.47. The molecule has 2 atom stereocenters. The van der Waals surface area contributed by atoms with Gasteiger partial charge in [-0.1, -0.05) is 39.0 Å². The summed E-state index contributed by atoms with van der Waals surface area (Å²) in [4.78, 5) is 0. The summed E-state index contributed by atoms with van der Waals surface area (Å²) in [5.74, 6) is 0. The molecule has 0 aliphatic carbocycles. The van der Waals surface area contributed by atoms with Crippen molar-refractivity contribution in [3.8, 4) is 0 Å². The lowest BCUT2D eigenvalue weighted by molar-refractivity contribution is 0.196. The maximum absolute atomic E-state index is 6.40. The number of rotatable bonds is 10. The Bertz CT molecular complexity index is 262. The van der Waals surface area contributed by atoms with Gasteiger partial charge >= 0.3 is 17.8 Å². The van der Waals surface area contributed by atoms with Crippen molar-refractivity contribution in [1.82, 2.24) is 0 Å². The zero-order valence-corrected chi connectivity index (χ0v) is 18.9. The van der Waals surface area contributed by atoms with Crippen LogP contribution in [0.4, 0.5) is 0 Å². The quantitative estimate of drug-likeness (QED) is 0.430. The lowest BCUT2D eigenvalue weighted by Gasteiger charge is -2.34. The zero-order valence-electron chi connectivity index (χ0n) is 13.9. The minimum atomic E-state index is -2.05. The van der Waals surface area contributed by atoms with Crippen LogP contribution in [0, 0.1) is 0 Å². The van der Waals surface area contributed by atoms with Crippen LogP contribution in [0.2, 0.25) is 18.6 Å². The Morgan fingerprint density at radius 1 is 1.10 bits per heavy atom. The number of methoxy groups -OCH3 is 1. The number of ether oxygens (including phenoxy) is 1. The summed E-state index contributed by atoms with van der Waals surface area (Å²) in [6, 6.07) is 2.10. The van der Waals surface area contributed by atoms with E-state index < -0.39 is 37.9 Å². The van der Waals surface area contributed by atoms with E-state index in [1.807, 2.05) is 0 Å². The second-order valence-corrected chi connectivity index (χ2v) is 15.5. The maximum atomic E-state index is 6.40. The van der Waals surface area contributed by atoms with E-state index in [1.54, 1.807) is 7.11 Å². The lowest BCUT2D eigenvalue weighted by Crippen LogP contribution is -2.49. The van der Waals surface area contributed by atoms with Crippen molar-refractivity contribution in [3.63, 3.8) is 0 Å². The predicted octanol–water partition coefficient (Wildman–Crippen LogP) is 1.36. The van der Waals surface area contributed by atoms with Crippen molar-refractivity contribution in [2.45, 2.75) is 64.1 Å². The van der Waals surface area contributed by atoms with Gasteiger partial charge in [-0.05, 0) is 25.1 Å². The van der Waals surface area contributed by atoms with E-state index in [1.165, 1.54) is 32.1 Å². The standard InChI is InChI=1S/C12H32O5Si4/c1-4-5-6-7-8-12-21(3)16-19-14-18-15-20(17-21)11-9-10-13-2/h20H,4-12,18-19H2,1-3H3. The number of hydrogen-bond donors (Lipinski definition) is 0. The first-order valence-corrected chi connectivity index (χ1v) is 14.8. The van der Waals surface area contributed by atoms with E-state index >= 15 is 0 Å². The Labute approximate surface area is 137 Å². The fraction of sp³-hybridized carbons (Fsp3) is 1.00. The average Bonchev–Trinajstić information content (AvgIpc) is 2.44. The summed E-state index contributed by atoms with van der Waals surface area (Å²) in [5.41, 5.74) is 0. The van der Waals surface area contributed by atoms with Crippen molar-refractivity contribution in [1.29, 1.82) is 0 Å². The Kier molecular flexibility index (Phi) is 11.4. The maximum Gasteiger partial charge on any atom is 0.316 e. The molecule has 0 bridgehead atoms. The third-order valence-electron chi connectivity index (χ3n) is 3.69. The third kappa shape index (κ3) is 9.41. The molecule has 5 nitrogen and oxygen atoms in total. The highest BCUT2D eigenvalue weighted by Gasteiger charge is 2.36. The molecule has 1 fully saturated rings. The van der Waals surface area contributed by atoms with Crippen LogP contribution in [-0.2, 0) is 21.2 Å². The third-order valence-corrected chi connectivity index (χ3v) is 15.2. The Balaban J connectivity index is 2.35. The minimum absolute atomic E-state index is 0.781. The van der Waals surface area contributed by atoms with Gasteiger partial charge in [-0.15, -0.1) is 0 Å². The highest BCUT2D eigenvalue weighted by atomic mass is 28.5. The molecule has 0 spiro atoms. The molecular weight excluding hydrogens is 336 g/mol. The van der Waals surface area contributed by atoms with Crippen LogP contribution in [0.1, 0.15) is 45.4 Å². The van der Waals surface area contributed by atoms with Crippen molar-refractivity contribution >= 4 is 37.9 Å². The predicted molar refractivity (Wildman–Crippen MR) is 95.1 cm³/mol. The highest BCUT2D eigenvalue weighted by Crippen LogP contribution is 2.22. The SMILES string of the molecule is CCCCCCC[Si]1(C)O[SiH2]O[SiH2]O[SiH](CCCOC)O1. The minimum Gasteiger partial charge on any atom is -0.425 e. The van der Waals surface area contributed by atoms with Crippen LogP contribution in [0.25, 0.3) is 0 Å². The molecule has 1 aliphatic rings. The first-order chi connectivity index (χ1) is 10.2. The van der Waals surface area contributed by atoms with E-state index in [0.29, 0.717) is 0 Å². The fourth-order valence-corrected chi connectivity index (χ4v) is 14.2. The van der Waals surface area contributed by atoms with Crippen molar-refractivity contribution < 1.29 is 21.2 Å². The first kappa shape index (κ1) is 19.7. The molecule has 2 unspecified atom stereocenters. The molecule has 0 N–H and O–H groups in total. The van der Waals surface area contributed by atoms with Crippen LogP contribution in [0.5, 0.6) is 0 Å². The van der Waals surface area contributed by atoms with Gasteiger partial charge in [-0.25, -0.2) is 0 Å². The van der Waals surface area contributed by atoms with Crippen LogP contribution in [0.3, 0.4) is 0 Å². The summed E-state index contributed by atoms with van der Waals surface area (Å²) in [7, 11) is -3.64. The normalized spacial score (nSPS) is 29.6. The molecule has 1 heterocycles. The van der Waals surface area contributed by atoms with Crippen LogP contribution in [0.15, 0.2) is 0 Å². The second kappa shape index (κ2) is 12.1. The van der Waals surface area contributed by atoms with Crippen LogP contribution < -0.4 is 0 Å². The molecule has 126 valence electrons. The largest absolute Gasteiger partial charge is 0.425 e. The van der Waals surface area contributed by atoms with E-state index in [2.05, 4.69) is 13.5 Å². The van der Waals surface area contributed by atoms with Gasteiger partial charge in [0.1, 0.15) is 0 Å². The molecule has 0 radical (unpaired) electrons. The van der Waals surface area contributed by atoms with Gasteiger partial charge in [-0.2, -0.15) is 0 Å². The Hall–Kier alpha value is 0.668. The monoisotopic (exact) mass is 368 g/mol. The number of unbranched alkanes of at least 4 members (excludes halogenated alkanes) is 4. The van der Waals surface area contributed by atoms with Crippen LogP contribution in [-0.4, -0.2) is 51.6 Å². The zero-order chi connectivity index (χ0) is 15.4. The summed E-state index contributed by atoms with van der Waals surface area (Å²) in [5, 5.41) is 0. The molecule has 1 saturated heterocycles. The van der Waals surface area contributed by atoms with Crippen molar-refractivity contribution in [2.75, 3.05) is 13.7 Å². The first-order valence-electron chi connectivity index (χ1n) is 8.20. The second-order valence-electron chi connectivity index (χ2n) is 5.73. The summed E-state index contributed by atoms with van der Waals surface area (Å²) < 4.78 is 29.2. The van der Waals surface area contributed by atoms with Gasteiger partial charge in [0.15, 0.2) is 0 Å². The topological polar surface area (TPSA) is 46.2 Å². The summed E-state index contributed by atoms with van der Waals surface area (Å²) >= 11 is 0. The molecule has 0 aromatic rings. The molecular formula is C12H32O5Si4. The van der Waals surface area contributed by atoms with Gasteiger partial charge < -0.3 is 21.2 Å². The van der Waals surface area contributed by atoms with E-state index in [0.717, 1.165) is 25.1 Å². The molecule has 0 aromatic heterocycles. The highest BCUT2D eigenvalue weighted by molar-refractivity contribution is 6.77. The van der Waals surface area contributed by atoms with Gasteiger partial charge in [0.25, 0.3) is 20.0 Å². The van der Waals surface area contributed by atoms with Crippen molar-refractivity contribution in [2.24, 2.45) is 0 Å². The Morgan fingerprint density at radius 3 is 2.67 bits per heavy atom. The van der Waals surface area contributed by atoms with Gasteiger partial charge in [0.2, 0.25) is 0 Å². The molecule has 1 rings (SSSR count). The molecule has 21 heavy (non-hydrogen) atoms. The smallest absolute Gasteiger partial charge is 0.316 e. The number of hydrogen-bond acceptors (Lipinski definition) is 5. The van der Waals surface area contributed by atoms with Gasteiger partial charge in [0, 0.05) is 13.7 Å². The fourth-order valence-electron chi connectivity index (χ4n) is 2.39. The van der Waals surface area contributed by atoms with E-state index in [9.17, 15) is 0 Å². The lowest BCUT2D eigenvalue weighted by atomic mass is 10.2. The molecule has 9 heteroatoms. The van der Waals surface area contributed by atoms with Gasteiger partial charge in [0.05, 0.1) is 0 Å². The molecule has 0 amide bonds. The van der Waals surface area contributed by atoms with Crippen molar-refractivity contribution in [3.05, 3.63) is 0 Å². The molecule has 0 saturated carbocycles. The van der Waals surface area contributed by atoms with Crippen LogP contribution >= 0.6 is 0 Å². The molecule has 0 aromatic carbocycles. The average molecular weight is 369 g/mol. The van der Waals surface area contributed by atoms with E-state index in [4.69, 9.17) is 21.2 Å². The van der Waals surface area contributed by atoms with E-state index in [-0.39, 0.29) is 0 Å². The summed E-state index contributed by atoms with van der Waals surface area (Å²) in [6.45, 7) is 5.23.